The van der Waals surface area contributed by atoms with Crippen LogP contribution >= 0.6 is 0 Å². The van der Waals surface area contributed by atoms with Gasteiger partial charge in [0.15, 0.2) is 0 Å². The van der Waals surface area contributed by atoms with Gasteiger partial charge in [-0.3, -0.25) is 0 Å². The lowest BCUT2D eigenvalue weighted by molar-refractivity contribution is 1.07. The van der Waals surface area contributed by atoms with E-state index in [-0.39, 0.29) is 0 Å². The van der Waals surface area contributed by atoms with Crippen LogP contribution in [0, 0.1) is 0 Å². The first-order chi connectivity index (χ1) is 12.2. The van der Waals surface area contributed by atoms with E-state index in [9.17, 15) is 0 Å². The summed E-state index contributed by atoms with van der Waals surface area (Å²) in [4.78, 5) is 0. The lowest BCUT2D eigenvalue weighted by Gasteiger charge is -2.15. The normalized spacial score (nSPS) is 10.7. The Labute approximate surface area is 153 Å². The lowest BCUT2D eigenvalue weighted by atomic mass is 10.2. The van der Waals surface area contributed by atoms with E-state index in [1.165, 1.54) is 13.3 Å². The third-order valence-corrected chi connectivity index (χ3v) is 7.80. The Morgan fingerprint density at radius 3 is 0.880 bits per heavy atom. The molecule has 4 heteroatoms. The van der Waals surface area contributed by atoms with Crippen LogP contribution in [0.25, 0.3) is 0 Å². The molecule has 0 amide bonds. The van der Waals surface area contributed by atoms with E-state index in [2.05, 4.69) is 72.8 Å². The van der Waals surface area contributed by atoms with Crippen LogP contribution in [-0.2, 0) is 19.6 Å². The fourth-order valence-electron chi connectivity index (χ4n) is 3.12. The minimum atomic E-state index is -1.53. The molecule has 0 unspecified atom stereocenters. The highest BCUT2D eigenvalue weighted by molar-refractivity contribution is 6.95. The smallest absolute Gasteiger partial charge is 0.326 e. The molecule has 0 aliphatic heterocycles. The van der Waals surface area contributed by atoms with E-state index in [1.807, 2.05) is 0 Å². The second kappa shape index (κ2) is 8.44. The van der Waals surface area contributed by atoms with E-state index < -0.39 is 14.1 Å². The van der Waals surface area contributed by atoms with Gasteiger partial charge in [0, 0.05) is 19.6 Å². The van der Waals surface area contributed by atoms with Crippen LogP contribution < -0.4 is 30.5 Å². The van der Waals surface area contributed by atoms with Crippen molar-refractivity contribution >= 4 is 27.4 Å². The summed E-state index contributed by atoms with van der Waals surface area (Å²) in [5.41, 5.74) is 20.7. The van der Waals surface area contributed by atoms with Crippen LogP contribution in [0.2, 0.25) is 0 Å². The standard InChI is InChI=1S/3C7H8N.Al/c3*8-6-7-4-2-1-3-5-7;/h3*2-5H,6,8H2;. The summed E-state index contributed by atoms with van der Waals surface area (Å²) in [5.74, 6) is 0. The second-order valence-electron chi connectivity index (χ2n) is 6.27. The Hall–Kier alpha value is -1.93. The Bertz CT molecular complexity index is 683. The molecule has 3 aromatic carbocycles. The summed E-state index contributed by atoms with van der Waals surface area (Å²) in [6.07, 6.45) is 0. The highest BCUT2D eigenvalue weighted by atomic mass is 27.2. The highest BCUT2D eigenvalue weighted by Crippen LogP contribution is 2.03. The molecule has 6 N–H and O–H groups in total. The van der Waals surface area contributed by atoms with Gasteiger partial charge in [0.1, 0.15) is 0 Å². The minimum absolute atomic E-state index is 0.572. The summed E-state index contributed by atoms with van der Waals surface area (Å²) < 4.78 is 4.16. The predicted molar refractivity (Wildman–Crippen MR) is 108 cm³/mol. The van der Waals surface area contributed by atoms with Gasteiger partial charge < -0.3 is 17.2 Å². The Morgan fingerprint density at radius 2 is 0.680 bits per heavy atom. The van der Waals surface area contributed by atoms with Crippen molar-refractivity contribution < 1.29 is 0 Å². The van der Waals surface area contributed by atoms with Gasteiger partial charge in [0.05, 0.1) is 0 Å². The van der Waals surface area contributed by atoms with Crippen LogP contribution in [0.15, 0.2) is 72.8 Å². The van der Waals surface area contributed by atoms with Gasteiger partial charge in [-0.25, -0.2) is 0 Å². The van der Waals surface area contributed by atoms with E-state index in [0.29, 0.717) is 19.6 Å². The zero-order valence-electron chi connectivity index (χ0n) is 14.4. The first-order valence-corrected chi connectivity index (χ1v) is 10.3. The van der Waals surface area contributed by atoms with Gasteiger partial charge in [-0.15, -0.1) is 0 Å². The molecule has 0 aliphatic carbocycles. The van der Waals surface area contributed by atoms with Crippen LogP contribution in [0.5, 0.6) is 0 Å². The molecule has 0 saturated carbocycles. The molecular weight excluding hydrogens is 321 g/mol. The Balaban J connectivity index is 2.04. The maximum atomic E-state index is 5.75. The Morgan fingerprint density at radius 1 is 0.440 bits per heavy atom. The summed E-state index contributed by atoms with van der Waals surface area (Å²) in [6.45, 7) is 1.72. The van der Waals surface area contributed by atoms with Gasteiger partial charge in [0.25, 0.3) is 0 Å². The molecule has 0 saturated heterocycles. The van der Waals surface area contributed by atoms with Crippen molar-refractivity contribution in [1.82, 2.24) is 0 Å². The number of rotatable bonds is 6. The molecule has 0 aliphatic rings. The van der Waals surface area contributed by atoms with E-state index in [0.717, 1.165) is 16.7 Å². The molecule has 0 spiro atoms. The van der Waals surface area contributed by atoms with Gasteiger partial charge in [0.2, 0.25) is 0 Å². The van der Waals surface area contributed by atoms with E-state index >= 15 is 0 Å². The molecular formula is C21H24AlN3. The number of hydrogen-bond acceptors (Lipinski definition) is 3. The van der Waals surface area contributed by atoms with Crippen molar-refractivity contribution in [3.8, 4) is 0 Å². The van der Waals surface area contributed by atoms with E-state index in [4.69, 9.17) is 17.2 Å². The summed E-state index contributed by atoms with van der Waals surface area (Å²) in [7, 11) is 0. The molecule has 3 rings (SSSR count). The quantitative estimate of drug-likeness (QED) is 0.572. The zero-order valence-corrected chi connectivity index (χ0v) is 15.5. The van der Waals surface area contributed by atoms with Gasteiger partial charge in [-0.2, -0.15) is 0 Å². The topological polar surface area (TPSA) is 78.1 Å². The molecule has 25 heavy (non-hydrogen) atoms. The number of nitrogens with two attached hydrogens (primary N) is 3. The average Bonchev–Trinajstić information content (AvgIpc) is 2.70. The largest absolute Gasteiger partial charge is 0.383 e. The summed E-state index contributed by atoms with van der Waals surface area (Å²) in [5, 5.41) is 0. The maximum absolute atomic E-state index is 5.75. The fourth-order valence-corrected chi connectivity index (χ4v) is 6.00. The first-order valence-electron chi connectivity index (χ1n) is 8.62. The highest BCUT2D eigenvalue weighted by Gasteiger charge is 2.24. The van der Waals surface area contributed by atoms with Gasteiger partial charge >= 0.3 is 14.1 Å². The monoisotopic (exact) mass is 345 g/mol. The molecule has 0 bridgehead atoms. The fraction of sp³-hybridized carbons (Fsp3) is 0.143. The second-order valence-corrected chi connectivity index (χ2v) is 9.14. The summed E-state index contributed by atoms with van der Waals surface area (Å²) in [6, 6.07) is 26.2. The minimum Gasteiger partial charge on any atom is -0.326 e. The predicted octanol–water partition coefficient (Wildman–Crippen LogP) is 0.579. The van der Waals surface area contributed by atoms with E-state index in [1.54, 1.807) is 0 Å². The molecule has 0 heterocycles. The van der Waals surface area contributed by atoms with Crippen LogP contribution in [0.4, 0.5) is 0 Å². The molecule has 3 nitrogen and oxygen atoms in total. The SMILES string of the molecule is NCc1cc[c]([Al]([c]2ccc(CN)cc2)[c]2ccc(CN)cc2)cc1. The number of benzene rings is 3. The molecule has 0 fully saturated rings. The molecule has 0 atom stereocenters. The van der Waals surface area contributed by atoms with Gasteiger partial charge in [-0.05, 0) is 16.7 Å². The van der Waals surface area contributed by atoms with Crippen LogP contribution in [-0.4, -0.2) is 14.1 Å². The third kappa shape index (κ3) is 4.19. The van der Waals surface area contributed by atoms with Crippen molar-refractivity contribution in [3.63, 3.8) is 0 Å². The van der Waals surface area contributed by atoms with Crippen LogP contribution in [0.3, 0.4) is 0 Å². The van der Waals surface area contributed by atoms with Gasteiger partial charge in [-0.1, -0.05) is 86.1 Å². The van der Waals surface area contributed by atoms with Crippen molar-refractivity contribution in [2.24, 2.45) is 17.2 Å². The van der Waals surface area contributed by atoms with Crippen molar-refractivity contribution in [2.75, 3.05) is 0 Å². The average molecular weight is 345 g/mol. The Kier molecular flexibility index (Phi) is 6.04. The van der Waals surface area contributed by atoms with Crippen molar-refractivity contribution in [3.05, 3.63) is 89.5 Å². The van der Waals surface area contributed by atoms with Crippen molar-refractivity contribution in [2.45, 2.75) is 19.6 Å². The lowest BCUT2D eigenvalue weighted by Crippen LogP contribution is -2.52. The first kappa shape index (κ1) is 17.9. The molecule has 126 valence electrons. The summed E-state index contributed by atoms with van der Waals surface area (Å²) >= 11 is -1.53. The molecule has 0 radical (unpaired) electrons. The maximum Gasteiger partial charge on any atom is 0.383 e. The molecule has 3 aromatic rings. The van der Waals surface area contributed by atoms with Crippen molar-refractivity contribution in [1.29, 1.82) is 0 Å². The number of hydrogen-bond donors (Lipinski definition) is 3. The van der Waals surface area contributed by atoms with Crippen LogP contribution in [0.1, 0.15) is 16.7 Å². The zero-order chi connectivity index (χ0) is 17.6. The molecule has 0 aromatic heterocycles. The third-order valence-electron chi connectivity index (χ3n) is 4.65.